The molecule has 6 heteroatoms. The van der Waals surface area contributed by atoms with Crippen LogP contribution in [0.25, 0.3) is 0 Å². The molecule has 0 aliphatic carbocycles. The average Bonchev–Trinajstić information content (AvgIpc) is 2.14. The minimum atomic E-state index is -1.33. The Bertz CT molecular complexity index is 419. The minimum Gasteiger partial charge on any atom is -0.504 e. The van der Waals surface area contributed by atoms with Crippen LogP contribution < -0.4 is 5.73 Å². The summed E-state index contributed by atoms with van der Waals surface area (Å²) in [6.07, 6.45) is 0. The lowest BCUT2D eigenvalue weighted by molar-refractivity contribution is -0.138. The number of carboxylic acid groups (broad SMARTS) is 1. The van der Waals surface area contributed by atoms with Gasteiger partial charge in [0.1, 0.15) is 6.04 Å². The van der Waals surface area contributed by atoms with Crippen molar-refractivity contribution in [3.63, 3.8) is 0 Å². The van der Waals surface area contributed by atoms with Crippen LogP contribution in [0.3, 0.4) is 0 Å². The van der Waals surface area contributed by atoms with Crippen LogP contribution >= 0.6 is 11.6 Å². The summed E-state index contributed by atoms with van der Waals surface area (Å²) in [6, 6.07) is -0.122. The number of carbonyl (C=O) groups is 1. The van der Waals surface area contributed by atoms with Gasteiger partial charge in [0.2, 0.25) is 0 Å². The average molecular weight is 232 g/mol. The van der Waals surface area contributed by atoms with Gasteiger partial charge >= 0.3 is 5.97 Å². The second kappa shape index (κ2) is 3.96. The first kappa shape index (κ1) is 11.6. The third-order valence-electron chi connectivity index (χ3n) is 2.04. The lowest BCUT2D eigenvalue weighted by Gasteiger charge is -2.14. The minimum absolute atomic E-state index is 0.0967. The summed E-state index contributed by atoms with van der Waals surface area (Å²) in [5.74, 6) is -2.22. The third kappa shape index (κ3) is 1.98. The summed E-state index contributed by atoms with van der Waals surface area (Å²) in [4.78, 5) is 10.7. The number of halogens is 1. The lowest BCUT2D eigenvalue weighted by atomic mass is 10.0. The van der Waals surface area contributed by atoms with E-state index in [0.717, 1.165) is 0 Å². The number of nitrogens with two attached hydrogens (primary N) is 1. The largest absolute Gasteiger partial charge is 0.504 e. The molecule has 5 nitrogen and oxygen atoms in total. The maximum absolute atomic E-state index is 10.7. The topological polar surface area (TPSA) is 104 Å². The van der Waals surface area contributed by atoms with Crippen molar-refractivity contribution in [2.24, 2.45) is 5.73 Å². The third-order valence-corrected chi connectivity index (χ3v) is 2.42. The Morgan fingerprint density at radius 1 is 1.53 bits per heavy atom. The predicted molar refractivity (Wildman–Crippen MR) is 54.1 cm³/mol. The van der Waals surface area contributed by atoms with Crippen LogP contribution in [0.4, 0.5) is 0 Å². The molecule has 0 aromatic heterocycles. The van der Waals surface area contributed by atoms with Gasteiger partial charge in [-0.1, -0.05) is 11.6 Å². The van der Waals surface area contributed by atoms with Crippen LogP contribution in [0.5, 0.6) is 11.5 Å². The Balaban J connectivity index is 3.42. The molecule has 1 aromatic rings. The molecule has 0 aliphatic heterocycles. The van der Waals surface area contributed by atoms with E-state index in [1.807, 2.05) is 0 Å². The van der Waals surface area contributed by atoms with Crippen molar-refractivity contribution >= 4 is 17.6 Å². The molecule has 5 N–H and O–H groups in total. The zero-order chi connectivity index (χ0) is 11.7. The molecule has 1 aromatic carbocycles. The Hall–Kier alpha value is -1.46. The summed E-state index contributed by atoms with van der Waals surface area (Å²) in [6.45, 7) is 1.54. The van der Waals surface area contributed by atoms with Gasteiger partial charge in [-0.2, -0.15) is 0 Å². The molecule has 0 bridgehead atoms. The van der Waals surface area contributed by atoms with E-state index in [9.17, 15) is 15.0 Å². The molecule has 1 unspecified atom stereocenters. The molecule has 0 radical (unpaired) electrons. The van der Waals surface area contributed by atoms with Gasteiger partial charge in [-0.05, 0) is 18.6 Å². The standard InChI is InChI=1S/C9H10ClNO4/c1-3-2-4(12)8(13)6(10)5(3)7(11)9(14)15/h2,7,12-13H,11H2,1H3,(H,14,15). The smallest absolute Gasteiger partial charge is 0.325 e. The first-order valence-electron chi connectivity index (χ1n) is 4.05. The molecule has 0 heterocycles. The van der Waals surface area contributed by atoms with E-state index >= 15 is 0 Å². The van der Waals surface area contributed by atoms with Crippen LogP contribution in [0.15, 0.2) is 6.07 Å². The van der Waals surface area contributed by atoms with Crippen LogP contribution in [0.2, 0.25) is 5.02 Å². The van der Waals surface area contributed by atoms with Gasteiger partial charge in [0.15, 0.2) is 11.5 Å². The molecule has 0 saturated carbocycles. The van der Waals surface area contributed by atoms with Gasteiger partial charge in [0.25, 0.3) is 0 Å². The van der Waals surface area contributed by atoms with Gasteiger partial charge in [-0.3, -0.25) is 4.79 Å². The molecule has 0 amide bonds. The first-order chi connectivity index (χ1) is 6.86. The fraction of sp³-hybridized carbons (Fsp3) is 0.222. The normalized spacial score (nSPS) is 12.5. The number of hydrogen-bond donors (Lipinski definition) is 4. The van der Waals surface area contributed by atoms with Gasteiger partial charge in [-0.15, -0.1) is 0 Å². The molecule has 1 rings (SSSR count). The van der Waals surface area contributed by atoms with Crippen molar-refractivity contribution in [1.29, 1.82) is 0 Å². The van der Waals surface area contributed by atoms with Gasteiger partial charge in [-0.25, -0.2) is 0 Å². The maximum Gasteiger partial charge on any atom is 0.325 e. The number of rotatable bonds is 2. The highest BCUT2D eigenvalue weighted by Crippen LogP contribution is 2.39. The summed E-state index contributed by atoms with van der Waals surface area (Å²) in [5.41, 5.74) is 5.89. The number of aryl methyl sites for hydroxylation is 1. The monoisotopic (exact) mass is 231 g/mol. The van der Waals surface area contributed by atoms with E-state index in [1.165, 1.54) is 6.07 Å². The molecule has 82 valence electrons. The highest BCUT2D eigenvalue weighted by molar-refractivity contribution is 6.33. The fourth-order valence-electron chi connectivity index (χ4n) is 1.27. The lowest BCUT2D eigenvalue weighted by Crippen LogP contribution is -2.22. The van der Waals surface area contributed by atoms with Crippen molar-refractivity contribution in [2.75, 3.05) is 0 Å². The van der Waals surface area contributed by atoms with E-state index in [4.69, 9.17) is 22.4 Å². The van der Waals surface area contributed by atoms with Crippen molar-refractivity contribution in [3.05, 3.63) is 22.2 Å². The number of aliphatic carboxylic acids is 1. The molecule has 0 aliphatic rings. The number of benzene rings is 1. The second-order valence-electron chi connectivity index (χ2n) is 3.10. The molecule has 0 spiro atoms. The Morgan fingerprint density at radius 2 is 2.07 bits per heavy atom. The van der Waals surface area contributed by atoms with Crippen molar-refractivity contribution in [1.82, 2.24) is 0 Å². The summed E-state index contributed by atoms with van der Waals surface area (Å²) in [5, 5.41) is 27.0. The highest BCUT2D eigenvalue weighted by Gasteiger charge is 2.23. The van der Waals surface area contributed by atoms with E-state index in [0.29, 0.717) is 5.56 Å². The van der Waals surface area contributed by atoms with Gasteiger partial charge in [0, 0.05) is 5.56 Å². The molecule has 15 heavy (non-hydrogen) atoms. The Kier molecular flexibility index (Phi) is 3.06. The molecule has 0 fully saturated rings. The van der Waals surface area contributed by atoms with Crippen LogP contribution in [0.1, 0.15) is 17.2 Å². The number of aromatic hydroxyl groups is 2. The van der Waals surface area contributed by atoms with E-state index in [-0.39, 0.29) is 10.6 Å². The predicted octanol–water partition coefficient (Wildman–Crippen LogP) is 1.14. The van der Waals surface area contributed by atoms with Gasteiger partial charge in [0.05, 0.1) is 5.02 Å². The van der Waals surface area contributed by atoms with E-state index in [2.05, 4.69) is 0 Å². The molecular formula is C9H10ClNO4. The number of phenols is 2. The number of carboxylic acids is 1. The van der Waals surface area contributed by atoms with Crippen molar-refractivity contribution in [2.45, 2.75) is 13.0 Å². The molecule has 0 saturated heterocycles. The zero-order valence-corrected chi connectivity index (χ0v) is 8.62. The second-order valence-corrected chi connectivity index (χ2v) is 3.48. The Morgan fingerprint density at radius 3 is 2.53 bits per heavy atom. The SMILES string of the molecule is Cc1cc(O)c(O)c(Cl)c1C(N)C(=O)O. The van der Waals surface area contributed by atoms with Crippen LogP contribution in [0, 0.1) is 6.92 Å². The summed E-state index contributed by atoms with van der Waals surface area (Å²) in [7, 11) is 0. The molecular weight excluding hydrogens is 222 g/mol. The van der Waals surface area contributed by atoms with Crippen molar-refractivity contribution < 1.29 is 20.1 Å². The first-order valence-corrected chi connectivity index (χ1v) is 4.43. The van der Waals surface area contributed by atoms with E-state index in [1.54, 1.807) is 6.92 Å². The fourth-order valence-corrected chi connectivity index (χ4v) is 1.63. The Labute approximate surface area is 90.7 Å². The number of phenolic OH excluding ortho intramolecular Hbond substituents is 2. The quantitative estimate of drug-likeness (QED) is 0.572. The van der Waals surface area contributed by atoms with Crippen LogP contribution in [-0.2, 0) is 4.79 Å². The van der Waals surface area contributed by atoms with Gasteiger partial charge < -0.3 is 21.1 Å². The van der Waals surface area contributed by atoms with Crippen LogP contribution in [-0.4, -0.2) is 21.3 Å². The van der Waals surface area contributed by atoms with E-state index < -0.39 is 23.5 Å². The highest BCUT2D eigenvalue weighted by atomic mass is 35.5. The summed E-state index contributed by atoms with van der Waals surface area (Å²) < 4.78 is 0. The molecule has 1 atom stereocenters. The summed E-state index contributed by atoms with van der Waals surface area (Å²) >= 11 is 5.69. The number of hydrogen-bond acceptors (Lipinski definition) is 4. The van der Waals surface area contributed by atoms with Crippen molar-refractivity contribution in [3.8, 4) is 11.5 Å². The zero-order valence-electron chi connectivity index (χ0n) is 7.86. The maximum atomic E-state index is 10.7.